The molecule has 50 heavy (non-hydrogen) atoms. The fourth-order valence-electron chi connectivity index (χ4n) is 7.28. The topological polar surface area (TPSA) is 181 Å². The van der Waals surface area contributed by atoms with E-state index in [4.69, 9.17) is 9.47 Å². The smallest absolute Gasteiger partial charge is 0.220 e. The van der Waals surface area contributed by atoms with Crippen molar-refractivity contribution < 1.29 is 44.9 Å². The van der Waals surface area contributed by atoms with Gasteiger partial charge in [0.15, 0.2) is 6.29 Å². The summed E-state index contributed by atoms with van der Waals surface area (Å²) in [6, 6.07) is -0.984. The van der Waals surface area contributed by atoms with Crippen LogP contribution in [0.4, 0.5) is 0 Å². The van der Waals surface area contributed by atoms with Gasteiger partial charge < -0.3 is 50.7 Å². The summed E-state index contributed by atoms with van der Waals surface area (Å²) in [6.45, 7) is 3.69. The van der Waals surface area contributed by atoms with Crippen LogP contribution >= 0.6 is 0 Å². The van der Waals surface area contributed by atoms with Crippen molar-refractivity contribution in [2.24, 2.45) is 5.92 Å². The minimum atomic E-state index is -1.60. The van der Waals surface area contributed by atoms with Gasteiger partial charge in [-0.1, -0.05) is 129 Å². The lowest BCUT2D eigenvalue weighted by Crippen LogP contribution is -2.60. The average molecular weight is 717 g/mol. The second kappa shape index (κ2) is 28.6. The Morgan fingerprint density at radius 1 is 0.780 bits per heavy atom. The molecular weight excluding hydrogens is 640 g/mol. The first-order valence-electron chi connectivity index (χ1n) is 20.6. The molecule has 0 aromatic rings. The minimum Gasteiger partial charge on any atom is -0.394 e. The highest BCUT2D eigenvalue weighted by Gasteiger charge is 2.44. The van der Waals surface area contributed by atoms with Crippen LogP contribution in [-0.2, 0) is 14.3 Å². The second-order valence-corrected chi connectivity index (χ2v) is 15.2. The molecule has 296 valence electrons. The molecule has 2 fully saturated rings. The van der Waals surface area contributed by atoms with Crippen molar-refractivity contribution in [1.29, 1.82) is 0 Å². The fourth-order valence-corrected chi connectivity index (χ4v) is 7.28. The van der Waals surface area contributed by atoms with Crippen molar-refractivity contribution in [3.8, 4) is 0 Å². The Morgan fingerprint density at radius 2 is 1.34 bits per heavy atom. The van der Waals surface area contributed by atoms with Crippen LogP contribution < -0.4 is 10.6 Å². The van der Waals surface area contributed by atoms with Gasteiger partial charge in [-0.25, -0.2) is 0 Å². The van der Waals surface area contributed by atoms with E-state index in [0.717, 1.165) is 57.3 Å². The molecule has 2 saturated heterocycles. The van der Waals surface area contributed by atoms with Crippen LogP contribution in [0.2, 0.25) is 0 Å². The highest BCUT2D eigenvalue weighted by molar-refractivity contribution is 5.76. The van der Waals surface area contributed by atoms with Gasteiger partial charge in [-0.3, -0.25) is 4.79 Å². The first-order valence-corrected chi connectivity index (χ1v) is 20.6. The largest absolute Gasteiger partial charge is 0.394 e. The number of ether oxygens (including phenoxy) is 2. The van der Waals surface area contributed by atoms with Crippen LogP contribution in [-0.4, -0.2) is 112 Å². The van der Waals surface area contributed by atoms with Crippen LogP contribution in [0.3, 0.4) is 0 Å². The second-order valence-electron chi connectivity index (χ2n) is 15.2. The van der Waals surface area contributed by atoms with E-state index in [9.17, 15) is 35.4 Å². The van der Waals surface area contributed by atoms with Gasteiger partial charge in [0.2, 0.25) is 5.91 Å². The van der Waals surface area contributed by atoms with E-state index >= 15 is 0 Å². The predicted octanol–water partition coefficient (Wildman–Crippen LogP) is 4.61. The molecular formula is C39H76N2O9. The van der Waals surface area contributed by atoms with Gasteiger partial charge >= 0.3 is 0 Å². The molecule has 1 amide bonds. The highest BCUT2D eigenvalue weighted by Crippen LogP contribution is 2.23. The van der Waals surface area contributed by atoms with E-state index in [-0.39, 0.29) is 18.9 Å². The Kier molecular flexibility index (Phi) is 25.9. The molecule has 0 saturated carbocycles. The normalized spacial score (nSPS) is 25.8. The van der Waals surface area contributed by atoms with Crippen molar-refractivity contribution in [3.63, 3.8) is 0 Å². The number of aliphatic hydroxyl groups is 6. The Morgan fingerprint density at radius 3 is 1.90 bits per heavy atom. The molecule has 11 heteroatoms. The van der Waals surface area contributed by atoms with Crippen molar-refractivity contribution in [2.45, 2.75) is 210 Å². The molecule has 0 aromatic carbocycles. The maximum Gasteiger partial charge on any atom is 0.220 e. The zero-order valence-electron chi connectivity index (χ0n) is 31.4. The Bertz CT molecular complexity index is 816. The highest BCUT2D eigenvalue weighted by atomic mass is 16.7. The van der Waals surface area contributed by atoms with Crippen molar-refractivity contribution >= 4 is 5.91 Å². The number of amides is 1. The van der Waals surface area contributed by atoms with Crippen LogP contribution in [0.5, 0.6) is 0 Å². The van der Waals surface area contributed by atoms with Crippen LogP contribution in [0.25, 0.3) is 0 Å². The van der Waals surface area contributed by atoms with E-state index in [1.54, 1.807) is 0 Å². The van der Waals surface area contributed by atoms with E-state index < -0.39 is 55.6 Å². The number of rotatable bonds is 31. The fraction of sp³-hybridized carbons (Fsp3) is 0.974. The molecule has 0 aliphatic carbocycles. The summed E-state index contributed by atoms with van der Waals surface area (Å²) in [4.78, 5) is 12.9. The molecule has 2 aliphatic rings. The van der Waals surface area contributed by atoms with Crippen LogP contribution in [0.1, 0.15) is 161 Å². The van der Waals surface area contributed by atoms with Gasteiger partial charge in [0.05, 0.1) is 25.4 Å². The van der Waals surface area contributed by atoms with Crippen molar-refractivity contribution in [3.05, 3.63) is 0 Å². The zero-order valence-corrected chi connectivity index (χ0v) is 31.4. The lowest BCUT2D eigenvalue weighted by molar-refractivity contribution is -0.303. The molecule has 8 N–H and O–H groups in total. The number of nitrogens with one attached hydrogen (secondary N) is 2. The number of carbonyl (C=O) groups is 1. The summed E-state index contributed by atoms with van der Waals surface area (Å²) in [6.07, 6.45) is 17.0. The average Bonchev–Trinajstić information content (AvgIpc) is 3.64. The van der Waals surface area contributed by atoms with Gasteiger partial charge in [-0.15, -0.1) is 0 Å². The van der Waals surface area contributed by atoms with Gasteiger partial charge in [0, 0.05) is 6.42 Å². The summed E-state index contributed by atoms with van der Waals surface area (Å²) in [5, 5.41) is 68.3. The maximum atomic E-state index is 12.9. The van der Waals surface area contributed by atoms with E-state index in [0.29, 0.717) is 6.42 Å². The first-order chi connectivity index (χ1) is 24.3. The minimum absolute atomic E-state index is 0.259. The summed E-state index contributed by atoms with van der Waals surface area (Å²) >= 11 is 0. The molecule has 9 atom stereocenters. The standard InChI is InChI=1S/C39H76N2O9/c1-2-3-4-5-6-7-8-9-10-14-17-20-23-32(43)35(45)31(29-49-39-38(48)37(47)36(46)33(28-42)50-39)41-34(44)24-21-18-15-12-11-13-16-19-22-30-25-26-40-27-30/h30-33,35-40,42-43,45-48H,2-29H2,1H3,(H,41,44)/t30?,31-,32+,33?,35-,36?,37?,38?,39?/m0/s1. The molecule has 2 rings (SSSR count). The maximum absolute atomic E-state index is 12.9. The molecule has 0 aromatic heterocycles. The zero-order chi connectivity index (χ0) is 36.4. The SMILES string of the molecule is CCCCCCCCCCCCCC[C@@H](O)[C@@H](O)[C@H](COC1OC(CO)C(O)C(O)C1O)NC(=O)CCCCCCCCCCC1CCNC1. The Hall–Kier alpha value is -0.890. The molecule has 6 unspecified atom stereocenters. The number of hydrogen-bond acceptors (Lipinski definition) is 10. The number of unbranched alkanes of at least 4 members (excludes halogenated alkanes) is 18. The number of aliphatic hydroxyl groups excluding tert-OH is 6. The lowest BCUT2D eigenvalue weighted by atomic mass is 9.98. The third-order valence-electron chi connectivity index (χ3n) is 10.7. The number of hydrogen-bond donors (Lipinski definition) is 8. The third kappa shape index (κ3) is 19.3. The van der Waals surface area contributed by atoms with Gasteiger partial charge in [-0.05, 0) is 44.7 Å². The van der Waals surface area contributed by atoms with Crippen molar-refractivity contribution in [2.75, 3.05) is 26.3 Å². The lowest BCUT2D eigenvalue weighted by Gasteiger charge is -2.40. The molecule has 0 spiro atoms. The summed E-state index contributed by atoms with van der Waals surface area (Å²) in [7, 11) is 0. The summed E-state index contributed by atoms with van der Waals surface area (Å²) < 4.78 is 11.1. The Balaban J connectivity index is 1.71. The Labute approximate surface area is 303 Å². The van der Waals surface area contributed by atoms with Crippen molar-refractivity contribution in [1.82, 2.24) is 10.6 Å². The summed E-state index contributed by atoms with van der Waals surface area (Å²) in [5.41, 5.74) is 0. The van der Waals surface area contributed by atoms with Gasteiger partial charge in [0.1, 0.15) is 30.5 Å². The molecule has 0 radical (unpaired) electrons. The van der Waals surface area contributed by atoms with Crippen LogP contribution in [0.15, 0.2) is 0 Å². The third-order valence-corrected chi connectivity index (χ3v) is 10.7. The molecule has 2 heterocycles. The predicted molar refractivity (Wildman–Crippen MR) is 197 cm³/mol. The molecule has 11 nitrogen and oxygen atoms in total. The first kappa shape index (κ1) is 45.3. The molecule has 0 bridgehead atoms. The number of carbonyl (C=O) groups excluding carboxylic acids is 1. The molecule has 2 aliphatic heterocycles. The van der Waals surface area contributed by atoms with E-state index in [2.05, 4.69) is 17.6 Å². The monoisotopic (exact) mass is 717 g/mol. The van der Waals surface area contributed by atoms with E-state index in [1.807, 2.05) is 0 Å². The quantitative estimate of drug-likeness (QED) is 0.0472. The van der Waals surface area contributed by atoms with Crippen LogP contribution in [0, 0.1) is 5.92 Å². The van der Waals surface area contributed by atoms with Gasteiger partial charge in [0.25, 0.3) is 0 Å². The van der Waals surface area contributed by atoms with Gasteiger partial charge in [-0.2, -0.15) is 0 Å². The summed E-state index contributed by atoms with van der Waals surface area (Å²) in [5.74, 6) is 0.606. The van der Waals surface area contributed by atoms with E-state index in [1.165, 1.54) is 103 Å².